The number of hydrogen-bond donors (Lipinski definition) is 1. The molecule has 0 aliphatic heterocycles. The molecule has 0 spiro atoms. The predicted octanol–water partition coefficient (Wildman–Crippen LogP) is 3.35. The van der Waals surface area contributed by atoms with Crippen molar-refractivity contribution < 1.29 is 9.47 Å². The zero-order valence-corrected chi connectivity index (χ0v) is 12.4. The first-order chi connectivity index (χ1) is 8.08. The van der Waals surface area contributed by atoms with Crippen LogP contribution < -0.4 is 14.8 Å². The van der Waals surface area contributed by atoms with Crippen LogP contribution in [0.15, 0.2) is 16.6 Å². The molecular formula is C13H20BrNO2. The molecule has 0 fully saturated rings. The van der Waals surface area contributed by atoms with E-state index in [1.807, 2.05) is 40.0 Å². The Bertz CT molecular complexity index is 367. The fourth-order valence-electron chi connectivity index (χ4n) is 1.52. The van der Waals surface area contributed by atoms with Crippen molar-refractivity contribution in [3.63, 3.8) is 0 Å². The SMILES string of the molecule is CCOc1cc(CNC)c(Br)cc1OC(C)C. The predicted molar refractivity (Wildman–Crippen MR) is 73.8 cm³/mol. The molecule has 0 heterocycles. The van der Waals surface area contributed by atoms with Gasteiger partial charge in [-0.3, -0.25) is 0 Å². The third-order valence-electron chi connectivity index (χ3n) is 2.14. The summed E-state index contributed by atoms with van der Waals surface area (Å²) >= 11 is 3.55. The molecule has 0 atom stereocenters. The number of rotatable bonds is 6. The van der Waals surface area contributed by atoms with Gasteiger partial charge in [0.05, 0.1) is 12.7 Å². The second kappa shape index (κ2) is 6.87. The molecule has 96 valence electrons. The fourth-order valence-corrected chi connectivity index (χ4v) is 1.98. The van der Waals surface area contributed by atoms with Gasteiger partial charge in [-0.1, -0.05) is 15.9 Å². The molecule has 0 aliphatic rings. The topological polar surface area (TPSA) is 30.5 Å². The first-order valence-electron chi connectivity index (χ1n) is 5.85. The van der Waals surface area contributed by atoms with Crippen LogP contribution >= 0.6 is 15.9 Å². The molecule has 3 nitrogen and oxygen atoms in total. The Morgan fingerprint density at radius 3 is 2.53 bits per heavy atom. The molecule has 4 heteroatoms. The van der Waals surface area contributed by atoms with Crippen LogP contribution in [0.2, 0.25) is 0 Å². The molecule has 0 aliphatic carbocycles. The molecular weight excluding hydrogens is 282 g/mol. The van der Waals surface area contributed by atoms with Gasteiger partial charge in [0.2, 0.25) is 0 Å². The standard InChI is InChI=1S/C13H20BrNO2/c1-5-16-12-6-10(8-15-4)11(14)7-13(12)17-9(2)3/h6-7,9,15H,5,8H2,1-4H3. The lowest BCUT2D eigenvalue weighted by molar-refractivity contribution is 0.223. The van der Waals surface area contributed by atoms with Gasteiger partial charge in [-0.15, -0.1) is 0 Å². The zero-order valence-electron chi connectivity index (χ0n) is 10.8. The Labute approximate surface area is 112 Å². The first kappa shape index (κ1) is 14.3. The van der Waals surface area contributed by atoms with Gasteiger partial charge in [-0.25, -0.2) is 0 Å². The quantitative estimate of drug-likeness (QED) is 0.874. The monoisotopic (exact) mass is 301 g/mol. The van der Waals surface area contributed by atoms with E-state index in [2.05, 4.69) is 21.2 Å². The van der Waals surface area contributed by atoms with Crippen molar-refractivity contribution in [2.75, 3.05) is 13.7 Å². The summed E-state index contributed by atoms with van der Waals surface area (Å²) in [6.45, 7) is 7.41. The van der Waals surface area contributed by atoms with E-state index in [4.69, 9.17) is 9.47 Å². The van der Waals surface area contributed by atoms with E-state index in [9.17, 15) is 0 Å². The maximum atomic E-state index is 5.74. The van der Waals surface area contributed by atoms with Gasteiger partial charge in [-0.2, -0.15) is 0 Å². The van der Waals surface area contributed by atoms with Crippen molar-refractivity contribution in [1.82, 2.24) is 5.32 Å². The summed E-state index contributed by atoms with van der Waals surface area (Å²) in [4.78, 5) is 0. The summed E-state index contributed by atoms with van der Waals surface area (Å²) in [6, 6.07) is 3.99. The van der Waals surface area contributed by atoms with E-state index in [-0.39, 0.29) is 6.10 Å². The van der Waals surface area contributed by atoms with Gasteiger partial charge in [0.25, 0.3) is 0 Å². The number of nitrogens with one attached hydrogen (secondary N) is 1. The van der Waals surface area contributed by atoms with Crippen LogP contribution in [-0.4, -0.2) is 19.8 Å². The third kappa shape index (κ3) is 4.21. The van der Waals surface area contributed by atoms with Crippen molar-refractivity contribution in [2.45, 2.75) is 33.4 Å². The van der Waals surface area contributed by atoms with Gasteiger partial charge in [-0.05, 0) is 45.5 Å². The van der Waals surface area contributed by atoms with Crippen LogP contribution in [0.4, 0.5) is 0 Å². The highest BCUT2D eigenvalue weighted by molar-refractivity contribution is 9.10. The van der Waals surface area contributed by atoms with E-state index >= 15 is 0 Å². The summed E-state index contributed by atoms with van der Waals surface area (Å²) in [7, 11) is 1.92. The van der Waals surface area contributed by atoms with E-state index in [1.54, 1.807) is 0 Å². The van der Waals surface area contributed by atoms with Crippen LogP contribution in [0.3, 0.4) is 0 Å². The minimum Gasteiger partial charge on any atom is -0.490 e. The minimum atomic E-state index is 0.135. The van der Waals surface area contributed by atoms with Crippen LogP contribution in [0.1, 0.15) is 26.3 Å². The summed E-state index contributed by atoms with van der Waals surface area (Å²) in [5, 5.41) is 3.13. The Hall–Kier alpha value is -0.740. The lowest BCUT2D eigenvalue weighted by Gasteiger charge is -2.16. The highest BCUT2D eigenvalue weighted by Crippen LogP contribution is 2.34. The highest BCUT2D eigenvalue weighted by atomic mass is 79.9. The van der Waals surface area contributed by atoms with Crippen molar-refractivity contribution in [3.05, 3.63) is 22.2 Å². The van der Waals surface area contributed by atoms with Crippen molar-refractivity contribution >= 4 is 15.9 Å². The summed E-state index contributed by atoms with van der Waals surface area (Å²) < 4.78 is 12.4. The number of halogens is 1. The largest absolute Gasteiger partial charge is 0.490 e. The summed E-state index contributed by atoms with van der Waals surface area (Å²) in [5.41, 5.74) is 1.16. The van der Waals surface area contributed by atoms with Crippen LogP contribution in [-0.2, 0) is 6.54 Å². The average Bonchev–Trinajstić information content (AvgIpc) is 2.24. The molecule has 1 aromatic rings. The van der Waals surface area contributed by atoms with Gasteiger partial charge < -0.3 is 14.8 Å². The number of ether oxygens (including phenoxy) is 2. The second-order valence-corrected chi connectivity index (χ2v) is 4.87. The summed E-state index contributed by atoms with van der Waals surface area (Å²) in [6.07, 6.45) is 0.135. The highest BCUT2D eigenvalue weighted by Gasteiger charge is 2.11. The molecule has 0 saturated carbocycles. The lowest BCUT2D eigenvalue weighted by Crippen LogP contribution is -2.10. The molecule has 17 heavy (non-hydrogen) atoms. The normalized spacial score (nSPS) is 10.7. The molecule has 1 N–H and O–H groups in total. The Balaban J connectivity index is 3.06. The van der Waals surface area contributed by atoms with Gasteiger partial charge in [0.15, 0.2) is 11.5 Å². The number of hydrogen-bond acceptors (Lipinski definition) is 3. The lowest BCUT2D eigenvalue weighted by atomic mass is 10.2. The van der Waals surface area contributed by atoms with E-state index in [1.165, 1.54) is 0 Å². The van der Waals surface area contributed by atoms with E-state index in [0.717, 1.165) is 28.1 Å². The van der Waals surface area contributed by atoms with Gasteiger partial charge in [0.1, 0.15) is 0 Å². The second-order valence-electron chi connectivity index (χ2n) is 4.02. The maximum Gasteiger partial charge on any atom is 0.162 e. The Morgan fingerprint density at radius 1 is 1.29 bits per heavy atom. The Kier molecular flexibility index (Phi) is 5.78. The van der Waals surface area contributed by atoms with Crippen molar-refractivity contribution in [1.29, 1.82) is 0 Å². The molecule has 0 aromatic heterocycles. The molecule has 1 rings (SSSR count). The molecule has 1 aromatic carbocycles. The first-order valence-corrected chi connectivity index (χ1v) is 6.64. The van der Waals surface area contributed by atoms with Gasteiger partial charge >= 0.3 is 0 Å². The van der Waals surface area contributed by atoms with Crippen LogP contribution in [0, 0.1) is 0 Å². The summed E-state index contributed by atoms with van der Waals surface area (Å²) in [5.74, 6) is 1.59. The Morgan fingerprint density at radius 2 is 2.00 bits per heavy atom. The molecule has 0 unspecified atom stereocenters. The fraction of sp³-hybridized carbons (Fsp3) is 0.538. The van der Waals surface area contributed by atoms with E-state index < -0.39 is 0 Å². The molecule has 0 saturated heterocycles. The maximum absolute atomic E-state index is 5.74. The van der Waals surface area contributed by atoms with E-state index in [0.29, 0.717) is 6.61 Å². The molecule has 0 amide bonds. The average molecular weight is 302 g/mol. The van der Waals surface area contributed by atoms with Crippen molar-refractivity contribution in [3.8, 4) is 11.5 Å². The number of benzene rings is 1. The molecule has 0 bridgehead atoms. The molecule has 0 radical (unpaired) electrons. The van der Waals surface area contributed by atoms with Crippen molar-refractivity contribution in [2.24, 2.45) is 0 Å². The zero-order chi connectivity index (χ0) is 12.8. The minimum absolute atomic E-state index is 0.135. The third-order valence-corrected chi connectivity index (χ3v) is 2.88. The van der Waals surface area contributed by atoms with Gasteiger partial charge in [0, 0.05) is 11.0 Å². The van der Waals surface area contributed by atoms with Crippen LogP contribution in [0.5, 0.6) is 11.5 Å². The van der Waals surface area contributed by atoms with Crippen LogP contribution in [0.25, 0.3) is 0 Å². The smallest absolute Gasteiger partial charge is 0.162 e.